The molecule has 0 saturated carbocycles. The Hall–Kier alpha value is 1.35. The minimum atomic E-state index is 0.290. The summed E-state index contributed by atoms with van der Waals surface area (Å²) in [6.07, 6.45) is 0. The predicted molar refractivity (Wildman–Crippen MR) is 94.6 cm³/mol. The highest BCUT2D eigenvalue weighted by Gasteiger charge is 2.50. The lowest BCUT2D eigenvalue weighted by molar-refractivity contribution is 1.17. The van der Waals surface area contributed by atoms with Crippen molar-refractivity contribution in [2.45, 2.75) is 9.70 Å². The zero-order chi connectivity index (χ0) is 10.0. The van der Waals surface area contributed by atoms with Crippen LogP contribution in [-0.4, -0.2) is 80.0 Å². The lowest BCUT2D eigenvalue weighted by Gasteiger charge is -2.49. The number of hydrogen-bond acceptors (Lipinski definition) is 2. The van der Waals surface area contributed by atoms with Gasteiger partial charge in [0.25, 0.3) is 0 Å². The van der Waals surface area contributed by atoms with E-state index >= 15 is 0 Å². The molecule has 3 fully saturated rings. The monoisotopic (exact) mass is 210 g/mol. The van der Waals surface area contributed by atoms with Crippen molar-refractivity contribution in [3.8, 4) is 0 Å². The van der Waals surface area contributed by atoms with Crippen molar-refractivity contribution in [1.29, 1.82) is 0 Å². The lowest BCUT2D eigenvalue weighted by Crippen LogP contribution is -2.73. The van der Waals surface area contributed by atoms with Crippen molar-refractivity contribution in [1.82, 2.24) is 0 Å². The molecule has 3 aliphatic heterocycles. The Morgan fingerprint density at radius 3 is 2.36 bits per heavy atom. The normalized spacial score (nSPS) is 34.7. The van der Waals surface area contributed by atoms with Crippen LogP contribution in [0.1, 0.15) is 0 Å². The lowest BCUT2D eigenvalue weighted by atomic mass is 8.80. The van der Waals surface area contributed by atoms with Gasteiger partial charge in [0, 0.05) is 49.4 Å². The molecule has 0 aromatic heterocycles. The van der Waals surface area contributed by atoms with Crippen molar-refractivity contribution in [3.05, 3.63) is 0 Å². The Bertz CT molecular complexity index is 197. The Kier molecular flexibility index (Phi) is 4.32. The molecule has 2 unspecified atom stereocenters. The third kappa shape index (κ3) is 2.53. The third-order valence-corrected chi connectivity index (χ3v) is 5.85. The van der Waals surface area contributed by atoms with Crippen molar-refractivity contribution >= 4 is 95.5 Å². The standard InChI is InChI=1S/C2H12B10S2/c13-1-2(14)3-5-6-7-8-9-10-11-12(1)4-2/h1,3-11,13-14H. The minimum Gasteiger partial charge on any atom is -0.191 e. The van der Waals surface area contributed by atoms with Crippen LogP contribution in [0.3, 0.4) is 0 Å². The molecule has 2 atom stereocenters. The summed E-state index contributed by atoms with van der Waals surface area (Å²) in [7, 11) is 12.5. The number of thiol groups is 2. The molecule has 62 valence electrons. The molecule has 0 amide bonds. The first-order valence-corrected chi connectivity index (χ1v) is 7.09. The molecule has 0 aliphatic carbocycles. The van der Waals surface area contributed by atoms with E-state index in [1.54, 1.807) is 0 Å². The van der Waals surface area contributed by atoms with Crippen LogP contribution >= 0.6 is 25.3 Å². The molecule has 3 saturated heterocycles. The molecule has 12 heteroatoms. The van der Waals surface area contributed by atoms with Crippen molar-refractivity contribution in [2.75, 3.05) is 0 Å². The summed E-state index contributed by atoms with van der Waals surface area (Å²) < 4.78 is 0.290. The summed E-state index contributed by atoms with van der Waals surface area (Å²) in [5.74, 6) is 0. The van der Waals surface area contributed by atoms with E-state index in [0.29, 0.717) is 5.15 Å². The average Bonchev–Trinajstić information content (AvgIpc) is 2.24. The van der Waals surface area contributed by atoms with Gasteiger partial charge in [0.2, 0.25) is 0 Å². The van der Waals surface area contributed by atoms with Gasteiger partial charge < -0.3 is 0 Å². The quantitative estimate of drug-likeness (QED) is 0.288. The third-order valence-electron chi connectivity index (χ3n) is 4.05. The largest absolute Gasteiger partial charge is 0.191 e. The molecular weight excluding hydrogens is 196 g/mol. The van der Waals surface area contributed by atoms with Crippen molar-refractivity contribution < 1.29 is 0 Å². The van der Waals surface area contributed by atoms with Gasteiger partial charge in [-0.3, -0.25) is 0 Å². The smallest absolute Gasteiger partial charge is 0.0932 e. The summed E-state index contributed by atoms with van der Waals surface area (Å²) in [6, 6.07) is 0. The molecule has 14 heavy (non-hydrogen) atoms. The van der Waals surface area contributed by atoms with E-state index in [1.165, 1.54) is 63.8 Å². The molecular formula is C2H12B10S2. The number of hydrogen-bond donors (Lipinski definition) is 2. The van der Waals surface area contributed by atoms with E-state index in [2.05, 4.69) is 0 Å². The van der Waals surface area contributed by atoms with E-state index in [0.717, 1.165) is 6.49 Å². The molecule has 0 radical (unpaired) electrons. The zero-order valence-corrected chi connectivity index (χ0v) is 10.7. The second-order valence-corrected chi connectivity index (χ2v) is 6.62. The zero-order valence-electron chi connectivity index (χ0n) is 8.91. The summed E-state index contributed by atoms with van der Waals surface area (Å²) in [5.41, 5.74) is 0. The average molecular weight is 208 g/mol. The van der Waals surface area contributed by atoms with Crippen LogP contribution in [0.15, 0.2) is 0 Å². The van der Waals surface area contributed by atoms with Gasteiger partial charge in [0.15, 0.2) is 0 Å². The Morgan fingerprint density at radius 1 is 1.00 bits per heavy atom. The summed E-state index contributed by atoms with van der Waals surface area (Å²) in [4.78, 5) is 0. The van der Waals surface area contributed by atoms with Gasteiger partial charge in [-0.25, -0.2) is 0 Å². The fourth-order valence-corrected chi connectivity index (χ4v) is 4.11. The van der Waals surface area contributed by atoms with Gasteiger partial charge in [-0.2, -0.15) is 25.3 Å². The SMILES string of the molecule is SC1B2BBBBBBBBC1(S)B2. The van der Waals surface area contributed by atoms with Crippen LogP contribution in [0, 0.1) is 0 Å². The summed E-state index contributed by atoms with van der Waals surface area (Å²) in [6.45, 7) is 0.869. The highest BCUT2D eigenvalue weighted by atomic mass is 32.1. The topological polar surface area (TPSA) is 0 Å². The molecule has 0 spiro atoms. The van der Waals surface area contributed by atoms with Crippen molar-refractivity contribution in [2.24, 2.45) is 0 Å². The Morgan fingerprint density at radius 2 is 1.64 bits per heavy atom. The predicted octanol–water partition coefficient (Wildman–Crippen LogP) is -5.74. The maximum atomic E-state index is 4.84. The first kappa shape index (κ1) is 11.8. The second kappa shape index (κ2) is 5.12. The molecule has 3 rings (SSSR count). The van der Waals surface area contributed by atoms with Crippen LogP contribution in [0.4, 0.5) is 0 Å². The first-order chi connectivity index (χ1) is 6.72. The van der Waals surface area contributed by atoms with E-state index < -0.39 is 0 Å². The maximum absolute atomic E-state index is 4.84. The van der Waals surface area contributed by atoms with E-state index in [9.17, 15) is 0 Å². The van der Waals surface area contributed by atoms with Crippen LogP contribution in [-0.2, 0) is 0 Å². The molecule has 0 N–H and O–H groups in total. The van der Waals surface area contributed by atoms with Gasteiger partial charge in [-0.15, -0.1) is 0 Å². The first-order valence-electron chi connectivity index (χ1n) is 6.13. The van der Waals surface area contributed by atoms with Gasteiger partial charge in [-0.05, 0) is 9.70 Å². The molecule has 3 heterocycles. The van der Waals surface area contributed by atoms with E-state index in [-0.39, 0.29) is 4.55 Å². The fraction of sp³-hybridized carbons (Fsp3) is 1.00. The minimum absolute atomic E-state index is 0.290. The molecule has 2 bridgehead atoms. The Labute approximate surface area is 105 Å². The molecule has 3 aliphatic rings. The van der Waals surface area contributed by atoms with Crippen LogP contribution < -0.4 is 0 Å². The molecule has 0 aromatic rings. The second-order valence-electron chi connectivity index (χ2n) is 5.17. The van der Waals surface area contributed by atoms with Gasteiger partial charge in [-0.1, -0.05) is 0 Å². The van der Waals surface area contributed by atoms with Crippen LogP contribution in [0.25, 0.3) is 0 Å². The number of fused-ring (bicyclic) bond motifs is 7. The van der Waals surface area contributed by atoms with Gasteiger partial charge >= 0.3 is 0 Å². The summed E-state index contributed by atoms with van der Waals surface area (Å²) in [5, 5.41) is 0.573. The maximum Gasteiger partial charge on any atom is 0.0932 e. The van der Waals surface area contributed by atoms with Gasteiger partial charge in [0.1, 0.15) is 0 Å². The summed E-state index contributed by atoms with van der Waals surface area (Å²) >= 11 is 9.59. The van der Waals surface area contributed by atoms with Crippen molar-refractivity contribution in [3.63, 3.8) is 0 Å². The molecule has 0 aromatic carbocycles. The van der Waals surface area contributed by atoms with Gasteiger partial charge in [0.05, 0.1) is 20.8 Å². The van der Waals surface area contributed by atoms with Crippen LogP contribution in [0.2, 0.25) is 0 Å². The molecule has 0 nitrogen and oxygen atoms in total. The number of rotatable bonds is 0. The van der Waals surface area contributed by atoms with Crippen LogP contribution in [0.5, 0.6) is 0 Å². The van der Waals surface area contributed by atoms with E-state index in [4.69, 9.17) is 25.3 Å². The highest BCUT2D eigenvalue weighted by Crippen LogP contribution is 2.32. The van der Waals surface area contributed by atoms with E-state index in [1.807, 2.05) is 0 Å². The Balaban J connectivity index is 1.91. The highest BCUT2D eigenvalue weighted by molar-refractivity contribution is 7.97. The fourth-order valence-electron chi connectivity index (χ4n) is 3.02.